The normalized spacial score (nSPS) is 13.0. The van der Waals surface area contributed by atoms with Gasteiger partial charge in [-0.15, -0.1) is 11.3 Å². The molecule has 0 bridgehead atoms. The third kappa shape index (κ3) is 5.24. The molecule has 162 valence electrons. The van der Waals surface area contributed by atoms with Crippen LogP contribution in [0.2, 0.25) is 4.34 Å². The van der Waals surface area contributed by atoms with Crippen molar-refractivity contribution in [3.05, 3.63) is 64.3 Å². The molecule has 2 heterocycles. The second kappa shape index (κ2) is 9.96. The Labute approximate surface area is 186 Å². The Morgan fingerprint density at radius 1 is 1.13 bits per heavy atom. The molecule has 0 radical (unpaired) electrons. The van der Waals surface area contributed by atoms with Gasteiger partial charge in [0.15, 0.2) is 0 Å². The molecule has 2 aromatic heterocycles. The summed E-state index contributed by atoms with van der Waals surface area (Å²) in [4.78, 5) is 0. The molecule has 0 saturated heterocycles. The quantitative estimate of drug-likeness (QED) is 0.449. The molecular formula is C21H26ClN3O3S2. The zero-order valence-electron chi connectivity index (χ0n) is 17.2. The lowest BCUT2D eigenvalue weighted by atomic mass is 9.92. The van der Waals surface area contributed by atoms with Gasteiger partial charge < -0.3 is 4.74 Å². The van der Waals surface area contributed by atoms with E-state index in [1.807, 2.05) is 35.0 Å². The third-order valence-electron chi connectivity index (χ3n) is 5.18. The Bertz CT molecular complexity index is 1060. The molecule has 3 aromatic rings. The van der Waals surface area contributed by atoms with Gasteiger partial charge in [0.1, 0.15) is 9.96 Å². The predicted octanol–water partition coefficient (Wildman–Crippen LogP) is 5.11. The molecular weight excluding hydrogens is 442 g/mol. The average molecular weight is 468 g/mol. The lowest BCUT2D eigenvalue weighted by molar-refractivity contribution is 0.359. The van der Waals surface area contributed by atoms with E-state index in [4.69, 9.17) is 16.3 Å². The summed E-state index contributed by atoms with van der Waals surface area (Å²) in [6.45, 7) is 4.68. The number of aromatic nitrogens is 2. The molecule has 0 aliphatic rings. The smallest absolute Gasteiger partial charge is 0.250 e. The molecule has 1 aromatic carbocycles. The number of halogens is 1. The van der Waals surface area contributed by atoms with Gasteiger partial charge in [-0.2, -0.15) is 5.10 Å². The number of nitrogens with zero attached hydrogens (tertiary/aromatic N) is 2. The minimum absolute atomic E-state index is 0.126. The minimum Gasteiger partial charge on any atom is -0.497 e. The van der Waals surface area contributed by atoms with Gasteiger partial charge in [0.25, 0.3) is 10.0 Å². The van der Waals surface area contributed by atoms with Gasteiger partial charge in [-0.25, -0.2) is 13.1 Å². The molecule has 0 aliphatic carbocycles. The van der Waals surface area contributed by atoms with Crippen molar-refractivity contribution in [3.63, 3.8) is 0 Å². The molecule has 3 rings (SSSR count). The Balaban J connectivity index is 1.92. The number of benzene rings is 1. The van der Waals surface area contributed by atoms with Gasteiger partial charge >= 0.3 is 0 Å². The monoisotopic (exact) mass is 467 g/mol. The average Bonchev–Trinajstić information content (AvgIpc) is 3.38. The first-order chi connectivity index (χ1) is 14.4. The molecule has 0 amide bonds. The van der Waals surface area contributed by atoms with Gasteiger partial charge in [-0.3, -0.25) is 4.68 Å². The van der Waals surface area contributed by atoms with E-state index in [9.17, 15) is 8.42 Å². The van der Waals surface area contributed by atoms with Crippen LogP contribution >= 0.6 is 22.9 Å². The molecule has 1 N–H and O–H groups in total. The van der Waals surface area contributed by atoms with E-state index in [0.717, 1.165) is 41.2 Å². The van der Waals surface area contributed by atoms with Crippen LogP contribution in [0.4, 0.5) is 0 Å². The van der Waals surface area contributed by atoms with Crippen molar-refractivity contribution < 1.29 is 13.2 Å². The number of thiophene rings is 1. The van der Waals surface area contributed by atoms with Gasteiger partial charge in [-0.1, -0.05) is 50.4 Å². The molecule has 0 unspecified atom stereocenters. The highest BCUT2D eigenvalue weighted by molar-refractivity contribution is 7.91. The van der Waals surface area contributed by atoms with Crippen LogP contribution in [0.25, 0.3) is 0 Å². The summed E-state index contributed by atoms with van der Waals surface area (Å²) in [6.07, 6.45) is 3.38. The van der Waals surface area contributed by atoms with Gasteiger partial charge in [-0.05, 0) is 41.8 Å². The van der Waals surface area contributed by atoms with Crippen LogP contribution in [0, 0.1) is 5.92 Å². The van der Waals surface area contributed by atoms with Crippen LogP contribution in [0.15, 0.2) is 52.9 Å². The topological polar surface area (TPSA) is 73.2 Å². The van der Waals surface area contributed by atoms with Gasteiger partial charge in [0.2, 0.25) is 0 Å². The van der Waals surface area contributed by atoms with Crippen molar-refractivity contribution in [2.75, 3.05) is 7.11 Å². The molecule has 0 aliphatic heterocycles. The molecule has 1 atom stereocenters. The van der Waals surface area contributed by atoms with Crippen LogP contribution in [0.1, 0.15) is 44.0 Å². The van der Waals surface area contributed by atoms with E-state index in [-0.39, 0.29) is 10.1 Å². The van der Waals surface area contributed by atoms with E-state index in [1.165, 1.54) is 6.07 Å². The van der Waals surface area contributed by atoms with Crippen molar-refractivity contribution in [2.45, 2.75) is 43.5 Å². The lowest BCUT2D eigenvalue weighted by Crippen LogP contribution is -2.34. The van der Waals surface area contributed by atoms with E-state index in [0.29, 0.717) is 10.9 Å². The first kappa shape index (κ1) is 22.8. The molecule has 0 spiro atoms. The number of rotatable bonds is 10. The zero-order chi connectivity index (χ0) is 21.7. The summed E-state index contributed by atoms with van der Waals surface area (Å²) in [7, 11) is -2.07. The SMILES string of the molecule is CCC(CC)[C@@H](NS(=O)(=O)c1ccc(Cl)s1)c1ccnn1Cc1ccc(OC)cc1. The fourth-order valence-electron chi connectivity index (χ4n) is 3.47. The van der Waals surface area contributed by atoms with Crippen molar-refractivity contribution in [1.29, 1.82) is 0 Å². The number of ether oxygens (including phenoxy) is 1. The maximum Gasteiger partial charge on any atom is 0.250 e. The van der Waals surface area contributed by atoms with Crippen LogP contribution in [0.3, 0.4) is 0 Å². The first-order valence-corrected chi connectivity index (χ1v) is 12.5. The van der Waals surface area contributed by atoms with Crippen molar-refractivity contribution in [1.82, 2.24) is 14.5 Å². The molecule has 30 heavy (non-hydrogen) atoms. The summed E-state index contributed by atoms with van der Waals surface area (Å²) in [6, 6.07) is 12.4. The summed E-state index contributed by atoms with van der Waals surface area (Å²) in [5.74, 6) is 0.915. The van der Waals surface area contributed by atoms with E-state index in [2.05, 4.69) is 23.7 Å². The van der Waals surface area contributed by atoms with Crippen molar-refractivity contribution in [2.24, 2.45) is 5.92 Å². The van der Waals surface area contributed by atoms with Crippen LogP contribution < -0.4 is 9.46 Å². The van der Waals surface area contributed by atoms with Gasteiger partial charge in [0.05, 0.1) is 29.7 Å². The molecule has 0 saturated carbocycles. The minimum atomic E-state index is -3.70. The summed E-state index contributed by atoms with van der Waals surface area (Å²) >= 11 is 7.01. The number of methoxy groups -OCH3 is 1. The highest BCUT2D eigenvalue weighted by Crippen LogP contribution is 2.32. The van der Waals surface area contributed by atoms with Crippen molar-refractivity contribution >= 4 is 33.0 Å². The number of hydrogen-bond donors (Lipinski definition) is 1. The van der Waals surface area contributed by atoms with Gasteiger partial charge in [0, 0.05) is 6.20 Å². The highest BCUT2D eigenvalue weighted by Gasteiger charge is 2.30. The maximum absolute atomic E-state index is 13.0. The van der Waals surface area contributed by atoms with E-state index in [1.54, 1.807) is 19.4 Å². The second-order valence-electron chi connectivity index (χ2n) is 7.00. The fraction of sp³-hybridized carbons (Fsp3) is 0.381. The van der Waals surface area contributed by atoms with Crippen molar-refractivity contribution in [3.8, 4) is 5.75 Å². The Morgan fingerprint density at radius 3 is 2.40 bits per heavy atom. The highest BCUT2D eigenvalue weighted by atomic mass is 35.5. The number of sulfonamides is 1. The third-order valence-corrected chi connectivity index (χ3v) is 8.34. The van der Waals surface area contributed by atoms with Crippen LogP contribution in [0.5, 0.6) is 5.75 Å². The number of nitrogens with one attached hydrogen (secondary N) is 1. The van der Waals surface area contributed by atoms with Crippen LogP contribution in [-0.4, -0.2) is 25.3 Å². The number of hydrogen-bond acceptors (Lipinski definition) is 5. The molecule has 9 heteroatoms. The zero-order valence-corrected chi connectivity index (χ0v) is 19.6. The largest absolute Gasteiger partial charge is 0.497 e. The summed E-state index contributed by atoms with van der Waals surface area (Å²) in [5, 5.41) is 4.46. The predicted molar refractivity (Wildman–Crippen MR) is 121 cm³/mol. The first-order valence-electron chi connectivity index (χ1n) is 9.80. The summed E-state index contributed by atoms with van der Waals surface area (Å²) < 4.78 is 36.7. The molecule has 6 nitrogen and oxygen atoms in total. The second-order valence-corrected chi connectivity index (χ2v) is 10.7. The van der Waals surface area contributed by atoms with E-state index < -0.39 is 16.1 Å². The Hall–Kier alpha value is -1.87. The van der Waals surface area contributed by atoms with E-state index >= 15 is 0 Å². The molecule has 0 fully saturated rings. The maximum atomic E-state index is 13.0. The standard InChI is InChI=1S/C21H26ClN3O3S2/c1-4-16(5-2)21(24-30(26,27)20-11-10-19(22)29-20)18-12-13-23-25(18)14-15-6-8-17(28-3)9-7-15/h6-13,16,21,24H,4-5,14H2,1-3H3/t21-/m1/s1. The Morgan fingerprint density at radius 2 is 1.83 bits per heavy atom. The lowest BCUT2D eigenvalue weighted by Gasteiger charge is -2.27. The fourth-order valence-corrected chi connectivity index (χ4v) is 6.25. The Kier molecular flexibility index (Phi) is 7.57. The van der Waals surface area contributed by atoms with Crippen LogP contribution in [-0.2, 0) is 16.6 Å². The summed E-state index contributed by atoms with van der Waals surface area (Å²) in [5.41, 5.74) is 1.89.